The predicted molar refractivity (Wildman–Crippen MR) is 65.3 cm³/mol. The van der Waals surface area contributed by atoms with Gasteiger partial charge in [0, 0.05) is 11.6 Å². The highest BCUT2D eigenvalue weighted by Crippen LogP contribution is 2.23. The Morgan fingerprint density at radius 1 is 1.38 bits per heavy atom. The number of aryl methyl sites for hydroxylation is 1. The van der Waals surface area contributed by atoms with Crippen LogP contribution in [0, 0.1) is 12.7 Å². The van der Waals surface area contributed by atoms with Gasteiger partial charge >= 0.3 is 0 Å². The highest BCUT2D eigenvalue weighted by molar-refractivity contribution is 5.27. The lowest BCUT2D eigenvalue weighted by atomic mass is 9.99. The second-order valence-electron chi connectivity index (χ2n) is 4.19. The van der Waals surface area contributed by atoms with E-state index in [1.165, 1.54) is 0 Å². The number of nitrogens with two attached hydrogens (primary N) is 1. The van der Waals surface area contributed by atoms with E-state index in [2.05, 4.69) is 12.3 Å². The number of unbranched alkanes of at least 4 members (excludes halogenated alkanes) is 2. The average molecular weight is 224 g/mol. The summed E-state index contributed by atoms with van der Waals surface area (Å²) in [6, 6.07) is 5.38. The van der Waals surface area contributed by atoms with E-state index in [4.69, 9.17) is 5.84 Å². The zero-order valence-corrected chi connectivity index (χ0v) is 10.1. The van der Waals surface area contributed by atoms with Crippen molar-refractivity contribution in [1.82, 2.24) is 5.43 Å². The number of hydrazine groups is 1. The molecule has 0 amide bonds. The van der Waals surface area contributed by atoms with Crippen molar-refractivity contribution in [3.8, 4) is 0 Å². The summed E-state index contributed by atoms with van der Waals surface area (Å²) in [6.07, 6.45) is 4.27. The molecule has 1 atom stereocenters. The number of rotatable bonds is 6. The maximum Gasteiger partial charge on any atom is 0.130 e. The first-order valence-electron chi connectivity index (χ1n) is 5.91. The largest absolute Gasteiger partial charge is 0.271 e. The van der Waals surface area contributed by atoms with Crippen LogP contribution in [0.3, 0.4) is 0 Å². The fraction of sp³-hybridized carbons (Fsp3) is 0.538. The Kier molecular flexibility index (Phi) is 5.43. The minimum atomic E-state index is -0.137. The Hall–Kier alpha value is -0.930. The predicted octanol–water partition coefficient (Wildman–Crippen LogP) is 3.22. The van der Waals surface area contributed by atoms with Gasteiger partial charge in [-0.25, -0.2) is 4.39 Å². The van der Waals surface area contributed by atoms with Crippen molar-refractivity contribution < 1.29 is 4.39 Å². The fourth-order valence-electron chi connectivity index (χ4n) is 1.87. The highest BCUT2D eigenvalue weighted by atomic mass is 19.1. The topological polar surface area (TPSA) is 38.0 Å². The van der Waals surface area contributed by atoms with Gasteiger partial charge in [0.1, 0.15) is 5.82 Å². The summed E-state index contributed by atoms with van der Waals surface area (Å²) in [7, 11) is 0. The molecule has 0 saturated carbocycles. The molecule has 0 aromatic heterocycles. The van der Waals surface area contributed by atoms with E-state index in [9.17, 15) is 4.39 Å². The first-order valence-corrected chi connectivity index (χ1v) is 5.91. The summed E-state index contributed by atoms with van der Waals surface area (Å²) in [4.78, 5) is 0. The van der Waals surface area contributed by atoms with Gasteiger partial charge in [-0.15, -0.1) is 0 Å². The molecule has 1 rings (SSSR count). The van der Waals surface area contributed by atoms with Crippen LogP contribution in [0.15, 0.2) is 18.2 Å². The standard InChI is InChI=1S/C13H21FN2/c1-3-4-5-9-12(16-15)11-8-6-7-10(2)13(11)14/h6-8,12,16H,3-5,9,15H2,1-2H3. The van der Waals surface area contributed by atoms with Gasteiger partial charge in [0.2, 0.25) is 0 Å². The van der Waals surface area contributed by atoms with E-state index in [0.717, 1.165) is 25.7 Å². The van der Waals surface area contributed by atoms with Gasteiger partial charge in [0.05, 0.1) is 0 Å². The molecule has 3 N–H and O–H groups in total. The van der Waals surface area contributed by atoms with Crippen LogP contribution in [0.4, 0.5) is 4.39 Å². The van der Waals surface area contributed by atoms with E-state index in [0.29, 0.717) is 11.1 Å². The van der Waals surface area contributed by atoms with Crippen LogP contribution < -0.4 is 11.3 Å². The number of benzene rings is 1. The SMILES string of the molecule is CCCCCC(NN)c1cccc(C)c1F. The molecule has 0 spiro atoms. The number of nitrogens with one attached hydrogen (secondary N) is 1. The molecule has 0 bridgehead atoms. The molecule has 2 nitrogen and oxygen atoms in total. The molecule has 1 aromatic rings. The van der Waals surface area contributed by atoms with Gasteiger partial charge in [-0.2, -0.15) is 0 Å². The quantitative estimate of drug-likeness (QED) is 0.442. The fourth-order valence-corrected chi connectivity index (χ4v) is 1.87. The third-order valence-electron chi connectivity index (χ3n) is 2.89. The molecule has 0 radical (unpaired) electrons. The first kappa shape index (κ1) is 13.1. The van der Waals surface area contributed by atoms with Crippen LogP contribution >= 0.6 is 0 Å². The molecule has 0 aliphatic rings. The molecule has 0 fully saturated rings. The highest BCUT2D eigenvalue weighted by Gasteiger charge is 2.14. The van der Waals surface area contributed by atoms with Gasteiger partial charge in [-0.1, -0.05) is 44.4 Å². The van der Waals surface area contributed by atoms with Crippen molar-refractivity contribution in [3.63, 3.8) is 0 Å². The molecule has 0 aliphatic carbocycles. The van der Waals surface area contributed by atoms with Gasteiger partial charge < -0.3 is 0 Å². The van der Waals surface area contributed by atoms with Gasteiger partial charge in [-0.05, 0) is 18.9 Å². The Morgan fingerprint density at radius 2 is 2.12 bits per heavy atom. The van der Waals surface area contributed by atoms with E-state index < -0.39 is 0 Å². The summed E-state index contributed by atoms with van der Waals surface area (Å²) < 4.78 is 13.9. The lowest BCUT2D eigenvalue weighted by Crippen LogP contribution is -2.28. The van der Waals surface area contributed by atoms with Crippen molar-refractivity contribution in [1.29, 1.82) is 0 Å². The average Bonchev–Trinajstić information content (AvgIpc) is 2.29. The maximum atomic E-state index is 13.9. The second-order valence-corrected chi connectivity index (χ2v) is 4.19. The molecule has 1 aromatic carbocycles. The number of hydrogen-bond donors (Lipinski definition) is 2. The zero-order valence-electron chi connectivity index (χ0n) is 10.1. The van der Waals surface area contributed by atoms with Crippen molar-refractivity contribution in [2.75, 3.05) is 0 Å². The van der Waals surface area contributed by atoms with Gasteiger partial charge in [0.25, 0.3) is 0 Å². The van der Waals surface area contributed by atoms with Gasteiger partial charge in [-0.3, -0.25) is 11.3 Å². The van der Waals surface area contributed by atoms with Crippen LogP contribution in [0.25, 0.3) is 0 Å². The smallest absolute Gasteiger partial charge is 0.130 e. The monoisotopic (exact) mass is 224 g/mol. The van der Waals surface area contributed by atoms with Crippen molar-refractivity contribution >= 4 is 0 Å². The summed E-state index contributed by atoms with van der Waals surface area (Å²) in [5.74, 6) is 5.35. The summed E-state index contributed by atoms with van der Waals surface area (Å²) >= 11 is 0. The van der Waals surface area contributed by atoms with E-state index in [1.807, 2.05) is 6.07 Å². The molecule has 16 heavy (non-hydrogen) atoms. The molecule has 3 heteroatoms. The summed E-state index contributed by atoms with van der Waals surface area (Å²) in [5.41, 5.74) is 4.06. The Morgan fingerprint density at radius 3 is 2.75 bits per heavy atom. The Labute approximate surface area is 97.0 Å². The Balaban J connectivity index is 2.74. The maximum absolute atomic E-state index is 13.9. The molecule has 0 aliphatic heterocycles. The molecule has 0 saturated heterocycles. The van der Waals surface area contributed by atoms with E-state index in [1.54, 1.807) is 19.1 Å². The minimum Gasteiger partial charge on any atom is -0.271 e. The molecular weight excluding hydrogens is 203 g/mol. The van der Waals surface area contributed by atoms with Crippen LogP contribution in [0.1, 0.15) is 49.8 Å². The van der Waals surface area contributed by atoms with E-state index >= 15 is 0 Å². The minimum absolute atomic E-state index is 0.0774. The van der Waals surface area contributed by atoms with Crippen LogP contribution in [-0.2, 0) is 0 Å². The molecule has 0 heterocycles. The lowest BCUT2D eigenvalue weighted by Gasteiger charge is -2.17. The normalized spacial score (nSPS) is 12.8. The van der Waals surface area contributed by atoms with E-state index in [-0.39, 0.29) is 11.9 Å². The van der Waals surface area contributed by atoms with Gasteiger partial charge in [0.15, 0.2) is 0 Å². The third kappa shape index (κ3) is 3.29. The molecule has 1 unspecified atom stereocenters. The van der Waals surface area contributed by atoms with Crippen molar-refractivity contribution in [2.45, 2.75) is 45.6 Å². The zero-order chi connectivity index (χ0) is 12.0. The summed E-state index contributed by atoms with van der Waals surface area (Å²) in [5, 5.41) is 0. The second kappa shape index (κ2) is 6.61. The Bertz CT molecular complexity index is 326. The summed E-state index contributed by atoms with van der Waals surface area (Å²) in [6.45, 7) is 3.93. The van der Waals surface area contributed by atoms with Crippen LogP contribution in [0.2, 0.25) is 0 Å². The molecular formula is C13H21FN2. The third-order valence-corrected chi connectivity index (χ3v) is 2.89. The molecule has 90 valence electrons. The number of hydrogen-bond acceptors (Lipinski definition) is 2. The number of halogens is 1. The van der Waals surface area contributed by atoms with Crippen molar-refractivity contribution in [2.24, 2.45) is 5.84 Å². The van der Waals surface area contributed by atoms with Crippen LogP contribution in [-0.4, -0.2) is 0 Å². The van der Waals surface area contributed by atoms with Crippen molar-refractivity contribution in [3.05, 3.63) is 35.1 Å². The lowest BCUT2D eigenvalue weighted by molar-refractivity contribution is 0.462. The first-order chi connectivity index (χ1) is 7.70. The van der Waals surface area contributed by atoms with Crippen LogP contribution in [0.5, 0.6) is 0 Å².